The number of nitrogens with zero attached hydrogens (tertiary/aromatic N) is 1. The molecular weight excluding hydrogens is 254 g/mol. The Kier molecular flexibility index (Phi) is 18.0. The molecule has 0 aromatic carbocycles. The van der Waals surface area contributed by atoms with Gasteiger partial charge in [0.2, 0.25) is 0 Å². The van der Waals surface area contributed by atoms with Crippen LogP contribution in [-0.4, -0.2) is 24.5 Å². The van der Waals surface area contributed by atoms with Crippen LogP contribution in [0.4, 0.5) is 0 Å². The van der Waals surface area contributed by atoms with E-state index in [4.69, 9.17) is 0 Å². The highest BCUT2D eigenvalue weighted by atomic mass is 15.1. The maximum Gasteiger partial charge on any atom is -0.00187 e. The molecule has 0 radical (unpaired) electrons. The summed E-state index contributed by atoms with van der Waals surface area (Å²) in [5, 5.41) is 0. The molecule has 0 bridgehead atoms. The Morgan fingerprint density at radius 1 is 0.381 bits per heavy atom. The monoisotopic (exact) mass is 297 g/mol. The van der Waals surface area contributed by atoms with E-state index in [9.17, 15) is 0 Å². The molecule has 0 heterocycles. The van der Waals surface area contributed by atoms with Crippen LogP contribution < -0.4 is 0 Å². The predicted octanol–water partition coefficient (Wildman–Crippen LogP) is 6.81. The van der Waals surface area contributed by atoms with E-state index >= 15 is 0 Å². The summed E-state index contributed by atoms with van der Waals surface area (Å²) in [6.45, 7) is 10.9. The molecule has 1 heteroatoms. The maximum absolute atomic E-state index is 2.71. The summed E-state index contributed by atoms with van der Waals surface area (Å²) in [5.74, 6) is 0. The first-order chi connectivity index (χ1) is 10.3. The van der Waals surface area contributed by atoms with E-state index in [0.717, 1.165) is 0 Å². The van der Waals surface area contributed by atoms with Gasteiger partial charge in [0, 0.05) is 0 Å². The van der Waals surface area contributed by atoms with Gasteiger partial charge >= 0.3 is 0 Å². The Morgan fingerprint density at radius 2 is 0.762 bits per heavy atom. The first-order valence-corrected chi connectivity index (χ1v) is 10.1. The number of hydrogen-bond acceptors (Lipinski definition) is 1. The molecule has 0 rings (SSSR count). The zero-order valence-corrected chi connectivity index (χ0v) is 15.5. The standard InChI is InChI=1S/C20H43N/c1-4-7-9-11-12-13-15-17-20-21(18-6-3)19-16-14-10-8-5-2/h4-20H2,1-3H3. The molecular formula is C20H43N. The average molecular weight is 298 g/mol. The molecule has 0 saturated heterocycles. The van der Waals surface area contributed by atoms with Gasteiger partial charge in [0.25, 0.3) is 0 Å². The minimum atomic E-state index is 1.31. The summed E-state index contributed by atoms with van der Waals surface area (Å²) < 4.78 is 0. The first kappa shape index (κ1) is 21.0. The second-order valence-corrected chi connectivity index (χ2v) is 6.73. The van der Waals surface area contributed by atoms with Crippen LogP contribution in [0, 0.1) is 0 Å². The third kappa shape index (κ3) is 16.2. The molecule has 128 valence electrons. The van der Waals surface area contributed by atoms with E-state index in [0.29, 0.717) is 0 Å². The van der Waals surface area contributed by atoms with Crippen LogP contribution in [0.1, 0.15) is 111 Å². The highest BCUT2D eigenvalue weighted by molar-refractivity contribution is 4.58. The zero-order valence-electron chi connectivity index (χ0n) is 15.5. The summed E-state index contributed by atoms with van der Waals surface area (Å²) >= 11 is 0. The van der Waals surface area contributed by atoms with Crippen LogP contribution in [-0.2, 0) is 0 Å². The molecule has 0 N–H and O–H groups in total. The Labute approximate surface area is 135 Å². The SMILES string of the molecule is CCCCCCCCCCN(CCC)CCCCCCC. The zero-order chi connectivity index (χ0) is 15.6. The van der Waals surface area contributed by atoms with Gasteiger partial charge in [0.1, 0.15) is 0 Å². The molecule has 0 spiro atoms. The summed E-state index contributed by atoms with van der Waals surface area (Å²) in [4.78, 5) is 2.71. The van der Waals surface area contributed by atoms with E-state index in [-0.39, 0.29) is 0 Å². The van der Waals surface area contributed by atoms with Gasteiger partial charge < -0.3 is 4.90 Å². The van der Waals surface area contributed by atoms with E-state index in [2.05, 4.69) is 25.7 Å². The minimum absolute atomic E-state index is 1.31. The van der Waals surface area contributed by atoms with Crippen molar-refractivity contribution in [2.75, 3.05) is 19.6 Å². The number of rotatable bonds is 17. The van der Waals surface area contributed by atoms with Crippen molar-refractivity contribution in [2.45, 2.75) is 111 Å². The van der Waals surface area contributed by atoms with Crippen molar-refractivity contribution < 1.29 is 0 Å². The lowest BCUT2D eigenvalue weighted by Crippen LogP contribution is -2.27. The fourth-order valence-corrected chi connectivity index (χ4v) is 3.06. The quantitative estimate of drug-likeness (QED) is 0.266. The van der Waals surface area contributed by atoms with E-state index < -0.39 is 0 Å². The smallest absolute Gasteiger partial charge is 0.00187 e. The van der Waals surface area contributed by atoms with Gasteiger partial charge in [-0.1, -0.05) is 91.4 Å². The van der Waals surface area contributed by atoms with Gasteiger partial charge in [-0.15, -0.1) is 0 Å². The third-order valence-electron chi connectivity index (χ3n) is 4.45. The molecule has 1 nitrogen and oxygen atoms in total. The summed E-state index contributed by atoms with van der Waals surface area (Å²) in [7, 11) is 0. The van der Waals surface area contributed by atoms with E-state index in [1.54, 1.807) is 0 Å². The Hall–Kier alpha value is -0.0400. The van der Waals surface area contributed by atoms with Gasteiger partial charge in [0.05, 0.1) is 0 Å². The van der Waals surface area contributed by atoms with Gasteiger partial charge in [-0.3, -0.25) is 0 Å². The molecule has 0 saturated carbocycles. The van der Waals surface area contributed by atoms with Gasteiger partial charge in [-0.2, -0.15) is 0 Å². The molecule has 21 heavy (non-hydrogen) atoms. The molecule has 0 aliphatic heterocycles. The Morgan fingerprint density at radius 3 is 1.14 bits per heavy atom. The van der Waals surface area contributed by atoms with Crippen LogP contribution in [0.3, 0.4) is 0 Å². The van der Waals surface area contributed by atoms with Crippen LogP contribution >= 0.6 is 0 Å². The van der Waals surface area contributed by atoms with Crippen molar-refractivity contribution in [2.24, 2.45) is 0 Å². The molecule has 0 fully saturated rings. The molecule has 0 unspecified atom stereocenters. The fraction of sp³-hybridized carbons (Fsp3) is 1.00. The maximum atomic E-state index is 2.71. The normalized spacial score (nSPS) is 11.4. The summed E-state index contributed by atoms with van der Waals surface area (Å²) in [6, 6.07) is 0. The van der Waals surface area contributed by atoms with Crippen LogP contribution in [0.15, 0.2) is 0 Å². The highest BCUT2D eigenvalue weighted by Gasteiger charge is 2.03. The molecule has 0 aliphatic rings. The Bertz CT molecular complexity index is 179. The Balaban J connectivity index is 3.42. The first-order valence-electron chi connectivity index (χ1n) is 10.1. The molecule has 0 atom stereocenters. The third-order valence-corrected chi connectivity index (χ3v) is 4.45. The van der Waals surface area contributed by atoms with Crippen LogP contribution in [0.25, 0.3) is 0 Å². The lowest BCUT2D eigenvalue weighted by Gasteiger charge is -2.21. The van der Waals surface area contributed by atoms with E-state index in [1.807, 2.05) is 0 Å². The van der Waals surface area contributed by atoms with Crippen molar-refractivity contribution in [3.8, 4) is 0 Å². The van der Waals surface area contributed by atoms with Gasteiger partial charge in [-0.25, -0.2) is 0 Å². The average Bonchev–Trinajstić information content (AvgIpc) is 2.49. The van der Waals surface area contributed by atoms with Crippen molar-refractivity contribution >= 4 is 0 Å². The largest absolute Gasteiger partial charge is 0.303 e. The predicted molar refractivity (Wildman–Crippen MR) is 98.1 cm³/mol. The number of unbranched alkanes of at least 4 members (excludes halogenated alkanes) is 11. The van der Waals surface area contributed by atoms with Crippen molar-refractivity contribution in [3.05, 3.63) is 0 Å². The van der Waals surface area contributed by atoms with E-state index in [1.165, 1.54) is 110 Å². The summed E-state index contributed by atoms with van der Waals surface area (Å²) in [6.07, 6.45) is 19.9. The number of hydrogen-bond donors (Lipinski definition) is 0. The van der Waals surface area contributed by atoms with Crippen LogP contribution in [0.5, 0.6) is 0 Å². The lowest BCUT2D eigenvalue weighted by atomic mass is 10.1. The molecule has 0 aliphatic carbocycles. The van der Waals surface area contributed by atoms with Crippen LogP contribution in [0.2, 0.25) is 0 Å². The highest BCUT2D eigenvalue weighted by Crippen LogP contribution is 2.10. The molecule has 0 amide bonds. The molecule has 0 aromatic rings. The lowest BCUT2D eigenvalue weighted by molar-refractivity contribution is 0.260. The minimum Gasteiger partial charge on any atom is -0.303 e. The van der Waals surface area contributed by atoms with Gasteiger partial charge in [0.15, 0.2) is 0 Å². The summed E-state index contributed by atoms with van der Waals surface area (Å²) in [5.41, 5.74) is 0. The van der Waals surface area contributed by atoms with Crippen molar-refractivity contribution in [1.82, 2.24) is 4.90 Å². The molecule has 0 aromatic heterocycles. The van der Waals surface area contributed by atoms with Crippen molar-refractivity contribution in [1.29, 1.82) is 0 Å². The van der Waals surface area contributed by atoms with Crippen molar-refractivity contribution in [3.63, 3.8) is 0 Å². The fourth-order valence-electron chi connectivity index (χ4n) is 3.06. The van der Waals surface area contributed by atoms with Gasteiger partial charge in [-0.05, 0) is 38.9 Å². The second kappa shape index (κ2) is 18.0. The second-order valence-electron chi connectivity index (χ2n) is 6.73. The topological polar surface area (TPSA) is 3.24 Å².